The largest absolute Gasteiger partial charge is 0.386 e. The zero-order valence-corrected chi connectivity index (χ0v) is 18.2. The molecule has 2 aromatic rings. The summed E-state index contributed by atoms with van der Waals surface area (Å²) < 4.78 is 40.1. The molecule has 32 heavy (non-hydrogen) atoms. The summed E-state index contributed by atoms with van der Waals surface area (Å²) in [4.78, 5) is 20.9. The molecule has 1 saturated carbocycles. The van der Waals surface area contributed by atoms with E-state index in [1.807, 2.05) is 6.07 Å². The van der Waals surface area contributed by atoms with Gasteiger partial charge in [-0.25, -0.2) is 17.8 Å². The number of anilines is 1. The molecule has 1 aromatic heterocycles. The zero-order chi connectivity index (χ0) is 23.1. The van der Waals surface area contributed by atoms with Crippen LogP contribution in [-0.4, -0.2) is 35.6 Å². The number of pyridine rings is 1. The van der Waals surface area contributed by atoms with E-state index in [-0.39, 0.29) is 28.5 Å². The van der Waals surface area contributed by atoms with E-state index in [1.54, 1.807) is 0 Å². The van der Waals surface area contributed by atoms with E-state index in [0.29, 0.717) is 18.4 Å². The molecule has 0 saturated heterocycles. The Morgan fingerprint density at radius 1 is 1.25 bits per heavy atom. The molecule has 1 aliphatic heterocycles. The Labute approximate surface area is 185 Å². The van der Waals surface area contributed by atoms with Crippen molar-refractivity contribution >= 4 is 27.3 Å². The molecule has 0 unspecified atom stereocenters. The molecule has 4 rings (SSSR count). The molecule has 1 fully saturated rings. The Balaban J connectivity index is 1.67. The topological polar surface area (TPSA) is 138 Å². The lowest BCUT2D eigenvalue weighted by molar-refractivity contribution is 0.102. The molecule has 1 aromatic carbocycles. The van der Waals surface area contributed by atoms with Crippen LogP contribution in [0.3, 0.4) is 0 Å². The molecule has 166 valence electrons. The first-order chi connectivity index (χ1) is 15.1. The highest BCUT2D eigenvalue weighted by molar-refractivity contribution is 7.93. The Bertz CT molecular complexity index is 1260. The first-order valence-electron chi connectivity index (χ1n) is 10.2. The van der Waals surface area contributed by atoms with Gasteiger partial charge in [-0.15, -0.1) is 0 Å². The van der Waals surface area contributed by atoms with Crippen LogP contribution in [0.25, 0.3) is 0 Å². The molecular weight excluding hydrogens is 433 g/mol. The highest BCUT2D eigenvalue weighted by atomic mass is 32.2. The highest BCUT2D eigenvalue weighted by Crippen LogP contribution is 2.45. The molecular formula is C22H22FN5O3S. The second kappa shape index (κ2) is 7.67. The van der Waals surface area contributed by atoms with Crippen molar-refractivity contribution in [3.8, 4) is 6.07 Å². The van der Waals surface area contributed by atoms with Crippen LogP contribution in [0.5, 0.6) is 0 Å². The molecule has 1 amide bonds. The Morgan fingerprint density at radius 2 is 1.97 bits per heavy atom. The number of nitriles is 1. The summed E-state index contributed by atoms with van der Waals surface area (Å²) in [6, 6.07) is 8.67. The van der Waals surface area contributed by atoms with Gasteiger partial charge in [0.2, 0.25) is 0 Å². The van der Waals surface area contributed by atoms with Crippen LogP contribution in [0.2, 0.25) is 0 Å². The minimum Gasteiger partial charge on any atom is -0.386 e. The fourth-order valence-electron chi connectivity index (χ4n) is 4.52. The van der Waals surface area contributed by atoms with Crippen LogP contribution in [0.4, 0.5) is 10.1 Å². The monoisotopic (exact) mass is 455 g/mol. The third-order valence-electron chi connectivity index (χ3n) is 6.24. The number of aliphatic imine (C=N–C) groups is 1. The maximum atomic E-state index is 14.8. The fourth-order valence-corrected chi connectivity index (χ4v) is 7.04. The zero-order valence-electron chi connectivity index (χ0n) is 17.4. The summed E-state index contributed by atoms with van der Waals surface area (Å²) in [5.41, 5.74) is 5.43. The third-order valence-corrected chi connectivity index (χ3v) is 8.99. The van der Waals surface area contributed by atoms with Crippen molar-refractivity contribution in [1.82, 2.24) is 4.98 Å². The van der Waals surface area contributed by atoms with E-state index >= 15 is 0 Å². The van der Waals surface area contributed by atoms with Gasteiger partial charge in [-0.1, -0.05) is 12.8 Å². The van der Waals surface area contributed by atoms with Crippen molar-refractivity contribution in [2.24, 2.45) is 10.7 Å². The SMILES string of the molecule is C[C@@]1(c2cc(NC(=O)c3ccc(C#N)cn3)ccc2F)CS(=O)(=O)C2(CCCC2)C(N)=N1. The molecule has 10 heteroatoms. The van der Waals surface area contributed by atoms with Gasteiger partial charge < -0.3 is 11.1 Å². The minimum absolute atomic E-state index is 0.0272. The van der Waals surface area contributed by atoms with Crippen molar-refractivity contribution in [2.75, 3.05) is 11.1 Å². The predicted octanol–water partition coefficient (Wildman–Crippen LogP) is 2.66. The smallest absolute Gasteiger partial charge is 0.274 e. The second-order valence-corrected chi connectivity index (χ2v) is 10.7. The van der Waals surface area contributed by atoms with Gasteiger partial charge in [0.05, 0.1) is 11.3 Å². The van der Waals surface area contributed by atoms with Crippen molar-refractivity contribution in [3.63, 3.8) is 0 Å². The van der Waals surface area contributed by atoms with Gasteiger partial charge in [0.15, 0.2) is 9.84 Å². The molecule has 2 aliphatic rings. The van der Waals surface area contributed by atoms with Crippen LogP contribution in [0.1, 0.15) is 54.2 Å². The van der Waals surface area contributed by atoms with Crippen LogP contribution in [-0.2, 0) is 15.4 Å². The summed E-state index contributed by atoms with van der Waals surface area (Å²) in [6.45, 7) is 1.53. The average Bonchev–Trinajstić information content (AvgIpc) is 3.26. The van der Waals surface area contributed by atoms with E-state index in [0.717, 1.165) is 18.9 Å². The Morgan fingerprint density at radius 3 is 2.56 bits per heavy atom. The number of nitrogens with two attached hydrogens (primary N) is 1. The van der Waals surface area contributed by atoms with Crippen molar-refractivity contribution in [1.29, 1.82) is 5.26 Å². The van der Waals surface area contributed by atoms with Gasteiger partial charge >= 0.3 is 0 Å². The Hall–Kier alpha value is -3.32. The van der Waals surface area contributed by atoms with Gasteiger partial charge in [0.25, 0.3) is 5.91 Å². The van der Waals surface area contributed by atoms with Crippen molar-refractivity contribution in [3.05, 3.63) is 59.2 Å². The molecule has 1 spiro atoms. The molecule has 1 aliphatic carbocycles. The summed E-state index contributed by atoms with van der Waals surface area (Å²) in [5, 5.41) is 11.5. The van der Waals surface area contributed by atoms with E-state index in [9.17, 15) is 17.6 Å². The second-order valence-electron chi connectivity index (χ2n) is 8.42. The van der Waals surface area contributed by atoms with Gasteiger partial charge in [0.1, 0.15) is 33.7 Å². The number of nitrogens with zero attached hydrogens (tertiary/aromatic N) is 3. The third kappa shape index (κ3) is 3.52. The maximum absolute atomic E-state index is 14.8. The summed E-state index contributed by atoms with van der Waals surface area (Å²) >= 11 is 0. The number of amides is 1. The van der Waals surface area contributed by atoms with Gasteiger partial charge in [-0.05, 0) is 50.1 Å². The summed E-state index contributed by atoms with van der Waals surface area (Å²) in [7, 11) is -3.68. The lowest BCUT2D eigenvalue weighted by Gasteiger charge is -2.39. The lowest BCUT2D eigenvalue weighted by Crippen LogP contribution is -2.56. The molecule has 3 N–H and O–H groups in total. The molecule has 0 bridgehead atoms. The summed E-state index contributed by atoms with van der Waals surface area (Å²) in [6.07, 6.45) is 3.64. The maximum Gasteiger partial charge on any atom is 0.274 e. The first kappa shape index (κ1) is 21.9. The minimum atomic E-state index is -3.68. The normalized spacial score (nSPS) is 23.3. The van der Waals surface area contributed by atoms with Crippen LogP contribution >= 0.6 is 0 Å². The molecule has 0 radical (unpaired) electrons. The number of sulfone groups is 1. The lowest BCUT2D eigenvalue weighted by atomic mass is 9.92. The average molecular weight is 456 g/mol. The number of halogens is 1. The quantitative estimate of drug-likeness (QED) is 0.730. The van der Waals surface area contributed by atoms with Crippen molar-refractivity contribution < 1.29 is 17.6 Å². The van der Waals surface area contributed by atoms with Crippen LogP contribution in [0.15, 0.2) is 41.5 Å². The van der Waals surface area contributed by atoms with Crippen molar-refractivity contribution in [2.45, 2.75) is 42.9 Å². The van der Waals surface area contributed by atoms with E-state index in [1.165, 1.54) is 37.4 Å². The number of benzene rings is 1. The number of carbonyl (C=O) groups is 1. The standard InChI is InChI=1S/C22H22FN5O3S/c1-21(13-32(30,31)22(20(25)28-21)8-2-3-9-22)16-10-15(5-6-17(16)23)27-19(29)18-7-4-14(11-24)12-26-18/h4-7,10,12H,2-3,8-9,13H2,1H3,(H2,25,28)(H,27,29)/t21-/m0/s1. The summed E-state index contributed by atoms with van der Waals surface area (Å²) in [5.74, 6) is -1.54. The van der Waals surface area contributed by atoms with E-state index in [2.05, 4.69) is 15.3 Å². The number of hydrogen-bond donors (Lipinski definition) is 2. The molecule has 1 atom stereocenters. The fraction of sp³-hybridized carbons (Fsp3) is 0.364. The number of amidine groups is 1. The number of rotatable bonds is 3. The van der Waals surface area contributed by atoms with E-state index in [4.69, 9.17) is 11.0 Å². The van der Waals surface area contributed by atoms with E-state index < -0.39 is 31.8 Å². The van der Waals surface area contributed by atoms with Gasteiger partial charge in [0, 0.05) is 17.4 Å². The number of hydrogen-bond acceptors (Lipinski definition) is 7. The van der Waals surface area contributed by atoms with Gasteiger partial charge in [-0.3, -0.25) is 9.79 Å². The molecule has 8 nitrogen and oxygen atoms in total. The number of aromatic nitrogens is 1. The highest BCUT2D eigenvalue weighted by Gasteiger charge is 2.56. The Kier molecular flexibility index (Phi) is 5.25. The number of carbonyl (C=O) groups excluding carboxylic acids is 1. The van der Waals surface area contributed by atoms with Crippen LogP contribution < -0.4 is 11.1 Å². The number of nitrogens with one attached hydrogen (secondary N) is 1. The van der Waals surface area contributed by atoms with Gasteiger partial charge in [-0.2, -0.15) is 5.26 Å². The van der Waals surface area contributed by atoms with Crippen LogP contribution in [0, 0.1) is 17.1 Å². The predicted molar refractivity (Wildman–Crippen MR) is 117 cm³/mol. The first-order valence-corrected chi connectivity index (χ1v) is 11.8. The molecule has 2 heterocycles.